The maximum absolute atomic E-state index is 13.0. The Hall–Kier alpha value is -2.46. The van der Waals surface area contributed by atoms with E-state index in [4.69, 9.17) is 4.74 Å². The lowest BCUT2D eigenvalue weighted by Gasteiger charge is -2.32. The molecule has 1 unspecified atom stereocenters. The van der Waals surface area contributed by atoms with Crippen molar-refractivity contribution in [2.45, 2.75) is 50.9 Å². The quantitative estimate of drug-likeness (QED) is 0.824. The summed E-state index contributed by atoms with van der Waals surface area (Å²) in [5, 5.41) is 17.4. The molecule has 1 aromatic carbocycles. The Kier molecular flexibility index (Phi) is 4.72. The third-order valence-corrected chi connectivity index (χ3v) is 5.97. The minimum Gasteiger partial charge on any atom is -0.491 e. The number of aryl methyl sites for hydroxylation is 1. The maximum Gasteiger partial charge on any atom is 0.323 e. The third kappa shape index (κ3) is 3.29. The molecule has 26 heavy (non-hydrogen) atoms. The highest BCUT2D eigenvalue weighted by molar-refractivity contribution is 7.89. The number of carboxylic acids is 1. The molecule has 0 saturated carbocycles. The number of fused-ring (bicyclic) bond motifs is 1. The summed E-state index contributed by atoms with van der Waals surface area (Å²) in [6.07, 6.45) is -0.0365. The van der Waals surface area contributed by atoms with E-state index in [1.54, 1.807) is 23.6 Å². The molecule has 0 aliphatic carbocycles. The lowest BCUT2D eigenvalue weighted by Crippen LogP contribution is -2.50. The van der Waals surface area contributed by atoms with Crippen LogP contribution in [-0.4, -0.2) is 50.7 Å². The van der Waals surface area contributed by atoms with Gasteiger partial charge in [-0.2, -0.15) is 4.31 Å². The average molecular weight is 380 g/mol. The van der Waals surface area contributed by atoms with Crippen LogP contribution in [0.3, 0.4) is 0 Å². The topological polar surface area (TPSA) is 115 Å². The smallest absolute Gasteiger partial charge is 0.323 e. The second kappa shape index (κ2) is 6.69. The molecule has 0 amide bonds. The van der Waals surface area contributed by atoms with Crippen LogP contribution < -0.4 is 4.74 Å². The van der Waals surface area contributed by atoms with Crippen LogP contribution in [0.25, 0.3) is 0 Å². The van der Waals surface area contributed by atoms with Crippen molar-refractivity contribution in [1.29, 1.82) is 0 Å². The SMILES string of the molecule is Cc1nnc2n1CC(C(=O)O)N(S(=O)(=O)c1ccc(OC(C)C)cc1)C2. The molecule has 2 aromatic rings. The van der Waals surface area contributed by atoms with Gasteiger partial charge < -0.3 is 14.4 Å². The first-order valence-corrected chi connectivity index (χ1v) is 9.54. The first-order valence-electron chi connectivity index (χ1n) is 8.10. The van der Waals surface area contributed by atoms with Gasteiger partial charge in [-0.25, -0.2) is 8.42 Å². The van der Waals surface area contributed by atoms with Gasteiger partial charge in [0, 0.05) is 0 Å². The van der Waals surface area contributed by atoms with Crippen molar-refractivity contribution in [2.75, 3.05) is 0 Å². The fourth-order valence-corrected chi connectivity index (χ4v) is 4.37. The van der Waals surface area contributed by atoms with Gasteiger partial charge in [0.25, 0.3) is 0 Å². The monoisotopic (exact) mass is 380 g/mol. The summed E-state index contributed by atoms with van der Waals surface area (Å²) >= 11 is 0. The number of benzene rings is 1. The molecule has 3 rings (SSSR count). The fourth-order valence-electron chi connectivity index (χ4n) is 2.84. The predicted octanol–water partition coefficient (Wildman–Crippen LogP) is 1.03. The Morgan fingerprint density at radius 3 is 2.50 bits per heavy atom. The molecule has 1 atom stereocenters. The Bertz CT molecular complexity index is 921. The molecule has 0 bridgehead atoms. The number of hydrogen-bond donors (Lipinski definition) is 1. The van der Waals surface area contributed by atoms with Crippen molar-refractivity contribution in [3.05, 3.63) is 35.9 Å². The molecule has 1 aliphatic rings. The highest BCUT2D eigenvalue weighted by Crippen LogP contribution is 2.27. The average Bonchev–Trinajstić information content (AvgIpc) is 2.94. The zero-order chi connectivity index (χ0) is 19.1. The molecule has 1 aromatic heterocycles. The molecule has 1 N–H and O–H groups in total. The van der Waals surface area contributed by atoms with Gasteiger partial charge in [0.15, 0.2) is 0 Å². The Morgan fingerprint density at radius 2 is 1.92 bits per heavy atom. The van der Waals surface area contributed by atoms with Gasteiger partial charge in [-0.3, -0.25) is 4.79 Å². The summed E-state index contributed by atoms with van der Waals surface area (Å²) in [5.41, 5.74) is 0. The van der Waals surface area contributed by atoms with E-state index < -0.39 is 22.0 Å². The largest absolute Gasteiger partial charge is 0.491 e. The Morgan fingerprint density at radius 1 is 1.27 bits per heavy atom. The van der Waals surface area contributed by atoms with Crippen LogP contribution in [-0.2, 0) is 27.9 Å². The molecular formula is C16H20N4O5S. The minimum atomic E-state index is -4.02. The van der Waals surface area contributed by atoms with E-state index in [1.807, 2.05) is 13.8 Å². The maximum atomic E-state index is 13.0. The summed E-state index contributed by atoms with van der Waals surface area (Å²) in [7, 11) is -4.02. The molecule has 9 nitrogen and oxygen atoms in total. The number of hydrogen-bond acceptors (Lipinski definition) is 6. The molecule has 140 valence electrons. The van der Waals surface area contributed by atoms with E-state index in [2.05, 4.69) is 10.2 Å². The van der Waals surface area contributed by atoms with Crippen LogP contribution in [0.15, 0.2) is 29.2 Å². The van der Waals surface area contributed by atoms with E-state index in [0.717, 1.165) is 4.31 Å². The van der Waals surface area contributed by atoms with Gasteiger partial charge in [0.1, 0.15) is 23.4 Å². The van der Waals surface area contributed by atoms with Gasteiger partial charge in [0.05, 0.1) is 24.1 Å². The summed E-state index contributed by atoms with van der Waals surface area (Å²) in [5.74, 6) is 0.302. The van der Waals surface area contributed by atoms with E-state index >= 15 is 0 Å². The van der Waals surface area contributed by atoms with Crippen LogP contribution in [0.2, 0.25) is 0 Å². The Balaban J connectivity index is 1.95. The second-order valence-corrected chi connectivity index (χ2v) is 8.21. The molecular weight excluding hydrogens is 360 g/mol. The number of sulfonamides is 1. The van der Waals surface area contributed by atoms with Crippen molar-refractivity contribution in [3.8, 4) is 5.75 Å². The third-order valence-electron chi connectivity index (χ3n) is 4.10. The lowest BCUT2D eigenvalue weighted by atomic mass is 10.2. The summed E-state index contributed by atoms with van der Waals surface area (Å²) in [6, 6.07) is 4.71. The van der Waals surface area contributed by atoms with E-state index in [-0.39, 0.29) is 24.1 Å². The first kappa shape index (κ1) is 18.3. The van der Waals surface area contributed by atoms with Gasteiger partial charge in [0.2, 0.25) is 10.0 Å². The van der Waals surface area contributed by atoms with Gasteiger partial charge in [-0.05, 0) is 45.0 Å². The van der Waals surface area contributed by atoms with Crippen molar-refractivity contribution < 1.29 is 23.1 Å². The molecule has 0 spiro atoms. The number of aliphatic carboxylic acids is 1. The zero-order valence-corrected chi connectivity index (χ0v) is 15.5. The van der Waals surface area contributed by atoms with Crippen molar-refractivity contribution in [2.24, 2.45) is 0 Å². The highest BCUT2D eigenvalue weighted by Gasteiger charge is 2.41. The van der Waals surface area contributed by atoms with Crippen molar-refractivity contribution in [3.63, 3.8) is 0 Å². The van der Waals surface area contributed by atoms with E-state index in [9.17, 15) is 18.3 Å². The minimum absolute atomic E-state index is 0.00421. The lowest BCUT2D eigenvalue weighted by molar-refractivity contribution is -0.142. The standard InChI is InChI=1S/C16H20N4O5S/c1-10(2)25-12-4-6-13(7-5-12)26(23,24)20-9-15-18-17-11(3)19(15)8-14(20)16(21)22/h4-7,10,14H,8-9H2,1-3H3,(H,21,22). The molecule has 2 heterocycles. The zero-order valence-electron chi connectivity index (χ0n) is 14.7. The summed E-state index contributed by atoms with van der Waals surface area (Å²) < 4.78 is 34.1. The number of nitrogens with zero attached hydrogens (tertiary/aromatic N) is 4. The highest BCUT2D eigenvalue weighted by atomic mass is 32.2. The van der Waals surface area contributed by atoms with E-state index in [1.165, 1.54) is 12.1 Å². The Labute approximate surface area is 151 Å². The normalized spacial score (nSPS) is 17.9. The summed E-state index contributed by atoms with van der Waals surface area (Å²) in [4.78, 5) is 11.7. The van der Waals surface area contributed by atoms with Crippen LogP contribution in [0.1, 0.15) is 25.5 Å². The number of aromatic nitrogens is 3. The first-order chi connectivity index (χ1) is 12.2. The van der Waals surface area contributed by atoms with Crippen LogP contribution in [0.4, 0.5) is 0 Å². The van der Waals surface area contributed by atoms with Gasteiger partial charge in [-0.15, -0.1) is 10.2 Å². The van der Waals surface area contributed by atoms with Crippen LogP contribution >= 0.6 is 0 Å². The van der Waals surface area contributed by atoms with Crippen LogP contribution in [0, 0.1) is 6.92 Å². The number of carbonyl (C=O) groups is 1. The molecule has 0 fully saturated rings. The van der Waals surface area contributed by atoms with Crippen molar-refractivity contribution >= 4 is 16.0 Å². The number of rotatable bonds is 5. The number of ether oxygens (including phenoxy) is 1. The second-order valence-electron chi connectivity index (χ2n) is 6.32. The van der Waals surface area contributed by atoms with E-state index in [0.29, 0.717) is 17.4 Å². The molecule has 10 heteroatoms. The van der Waals surface area contributed by atoms with Crippen molar-refractivity contribution in [1.82, 2.24) is 19.1 Å². The molecule has 0 saturated heterocycles. The summed E-state index contributed by atoms with van der Waals surface area (Å²) in [6.45, 7) is 5.26. The molecule has 0 radical (unpaired) electrons. The predicted molar refractivity (Wildman–Crippen MR) is 91.1 cm³/mol. The molecule has 1 aliphatic heterocycles. The van der Waals surface area contributed by atoms with Gasteiger partial charge in [-0.1, -0.05) is 0 Å². The number of carboxylic acid groups (broad SMARTS) is 1. The van der Waals surface area contributed by atoms with Crippen LogP contribution in [0.5, 0.6) is 5.75 Å². The van der Waals surface area contributed by atoms with Gasteiger partial charge >= 0.3 is 5.97 Å². The fraction of sp³-hybridized carbons (Fsp3) is 0.438.